The van der Waals surface area contributed by atoms with Gasteiger partial charge in [-0.15, -0.1) is 0 Å². The first kappa shape index (κ1) is 17.6. The van der Waals surface area contributed by atoms with Gasteiger partial charge in [-0.2, -0.15) is 0 Å². The summed E-state index contributed by atoms with van der Waals surface area (Å²) in [6.07, 6.45) is 2.94. The van der Waals surface area contributed by atoms with Gasteiger partial charge >= 0.3 is 6.09 Å². The van der Waals surface area contributed by atoms with Crippen molar-refractivity contribution in [2.45, 2.75) is 6.92 Å². The Morgan fingerprint density at radius 3 is 2.42 bits per heavy atom. The number of allylic oxidation sites excluding steroid dienone is 1. The second kappa shape index (κ2) is 8.74. The fourth-order valence-electron chi connectivity index (χ4n) is 1.75. The topological polar surface area (TPSA) is 59.9 Å². The molecule has 0 radical (unpaired) electrons. The summed E-state index contributed by atoms with van der Waals surface area (Å²) in [6, 6.07) is 14.2. The SMILES string of the molecule is COc1ccc(C=CC(C)=NOC(=O)Nc2ccc(Cl)cc2)cc1. The molecule has 2 aromatic carbocycles. The lowest BCUT2D eigenvalue weighted by molar-refractivity contribution is 0.166. The Balaban J connectivity index is 1.86. The molecular weight excluding hydrogens is 328 g/mol. The molecule has 0 saturated heterocycles. The van der Waals surface area contributed by atoms with Crippen molar-refractivity contribution in [1.29, 1.82) is 0 Å². The van der Waals surface area contributed by atoms with E-state index in [1.165, 1.54) is 0 Å². The standard InChI is InChI=1S/C18H17ClN2O3/c1-13(3-4-14-5-11-17(23-2)12-6-14)21-24-18(22)20-16-9-7-15(19)8-10-16/h3-12H,1-2H3,(H,20,22). The van der Waals surface area contributed by atoms with E-state index in [9.17, 15) is 4.79 Å². The predicted molar refractivity (Wildman–Crippen MR) is 96.7 cm³/mol. The van der Waals surface area contributed by atoms with Crippen LogP contribution in [0.25, 0.3) is 6.08 Å². The first-order valence-corrected chi connectivity index (χ1v) is 7.55. The third-order valence-electron chi connectivity index (χ3n) is 3.00. The number of methoxy groups -OCH3 is 1. The van der Waals surface area contributed by atoms with Crippen molar-refractivity contribution in [3.8, 4) is 5.75 Å². The largest absolute Gasteiger partial charge is 0.497 e. The molecule has 0 heterocycles. The Morgan fingerprint density at radius 1 is 1.12 bits per heavy atom. The van der Waals surface area contributed by atoms with Crippen LogP contribution in [0.5, 0.6) is 5.75 Å². The summed E-state index contributed by atoms with van der Waals surface area (Å²) in [4.78, 5) is 16.4. The molecule has 0 fully saturated rings. The number of rotatable bonds is 5. The normalized spacial score (nSPS) is 11.4. The molecule has 124 valence electrons. The van der Waals surface area contributed by atoms with E-state index in [1.54, 1.807) is 44.4 Å². The number of hydrogen-bond acceptors (Lipinski definition) is 4. The monoisotopic (exact) mass is 344 g/mol. The van der Waals surface area contributed by atoms with E-state index < -0.39 is 6.09 Å². The van der Waals surface area contributed by atoms with Crippen LogP contribution in [-0.2, 0) is 4.84 Å². The highest BCUT2D eigenvalue weighted by atomic mass is 35.5. The quantitative estimate of drug-likeness (QED) is 0.472. The number of nitrogens with zero attached hydrogens (tertiary/aromatic N) is 1. The van der Waals surface area contributed by atoms with E-state index in [2.05, 4.69) is 10.5 Å². The minimum Gasteiger partial charge on any atom is -0.497 e. The minimum atomic E-state index is -0.672. The molecule has 1 amide bonds. The summed E-state index contributed by atoms with van der Waals surface area (Å²) in [5.41, 5.74) is 2.11. The van der Waals surface area contributed by atoms with Crippen molar-refractivity contribution in [2.75, 3.05) is 12.4 Å². The van der Waals surface area contributed by atoms with Gasteiger partial charge in [-0.3, -0.25) is 10.2 Å². The van der Waals surface area contributed by atoms with Crippen LogP contribution in [0.1, 0.15) is 12.5 Å². The van der Waals surface area contributed by atoms with Crippen LogP contribution in [0.15, 0.2) is 59.8 Å². The molecule has 0 saturated carbocycles. The number of hydrogen-bond donors (Lipinski definition) is 1. The van der Waals surface area contributed by atoms with Gasteiger partial charge in [-0.1, -0.05) is 35.0 Å². The van der Waals surface area contributed by atoms with Crippen LogP contribution in [0.2, 0.25) is 5.02 Å². The van der Waals surface area contributed by atoms with Crippen molar-refractivity contribution < 1.29 is 14.4 Å². The van der Waals surface area contributed by atoms with Crippen LogP contribution in [0, 0.1) is 0 Å². The number of amides is 1. The maximum atomic E-state index is 11.6. The molecule has 0 atom stereocenters. The zero-order chi connectivity index (χ0) is 17.4. The maximum Gasteiger partial charge on any atom is 0.437 e. The van der Waals surface area contributed by atoms with Gasteiger partial charge in [0.25, 0.3) is 0 Å². The van der Waals surface area contributed by atoms with E-state index in [0.29, 0.717) is 16.4 Å². The molecule has 6 heteroatoms. The second-order valence-corrected chi connectivity index (χ2v) is 5.29. The smallest absolute Gasteiger partial charge is 0.437 e. The fourth-order valence-corrected chi connectivity index (χ4v) is 1.88. The number of anilines is 1. The molecule has 0 aliphatic rings. The Morgan fingerprint density at radius 2 is 1.79 bits per heavy atom. The zero-order valence-corrected chi connectivity index (χ0v) is 14.1. The van der Waals surface area contributed by atoms with Crippen LogP contribution in [-0.4, -0.2) is 18.9 Å². The van der Waals surface area contributed by atoms with Crippen LogP contribution in [0.3, 0.4) is 0 Å². The summed E-state index contributed by atoms with van der Waals surface area (Å²) >= 11 is 5.77. The van der Waals surface area contributed by atoms with Crippen molar-refractivity contribution >= 4 is 35.2 Å². The zero-order valence-electron chi connectivity index (χ0n) is 13.3. The Kier molecular flexibility index (Phi) is 6.40. The van der Waals surface area contributed by atoms with E-state index >= 15 is 0 Å². The average Bonchev–Trinajstić information content (AvgIpc) is 2.60. The van der Waals surface area contributed by atoms with Crippen molar-refractivity contribution in [1.82, 2.24) is 0 Å². The molecule has 0 bridgehead atoms. The summed E-state index contributed by atoms with van der Waals surface area (Å²) in [5, 5.41) is 6.89. The first-order valence-electron chi connectivity index (χ1n) is 7.17. The summed E-state index contributed by atoms with van der Waals surface area (Å²) in [6.45, 7) is 1.73. The lowest BCUT2D eigenvalue weighted by Gasteiger charge is -2.02. The highest BCUT2D eigenvalue weighted by Crippen LogP contribution is 2.14. The van der Waals surface area contributed by atoms with E-state index in [0.717, 1.165) is 11.3 Å². The van der Waals surface area contributed by atoms with Crippen molar-refractivity contribution in [2.24, 2.45) is 5.16 Å². The molecule has 0 unspecified atom stereocenters. The third-order valence-corrected chi connectivity index (χ3v) is 3.25. The Hall–Kier alpha value is -2.79. The van der Waals surface area contributed by atoms with Gasteiger partial charge in [0.2, 0.25) is 0 Å². The maximum absolute atomic E-state index is 11.6. The number of carbonyl (C=O) groups excluding carboxylic acids is 1. The van der Waals surface area contributed by atoms with Gasteiger partial charge in [0, 0.05) is 10.7 Å². The van der Waals surface area contributed by atoms with E-state index in [1.807, 2.05) is 30.3 Å². The lowest BCUT2D eigenvalue weighted by Crippen LogP contribution is -2.11. The number of halogens is 1. The molecule has 2 aromatic rings. The van der Waals surface area contributed by atoms with Crippen molar-refractivity contribution in [3.05, 3.63) is 65.2 Å². The molecule has 0 aromatic heterocycles. The summed E-state index contributed by atoms with van der Waals surface area (Å²) in [7, 11) is 1.62. The summed E-state index contributed by atoms with van der Waals surface area (Å²) in [5.74, 6) is 0.791. The molecule has 1 N–H and O–H groups in total. The van der Waals surface area contributed by atoms with Crippen LogP contribution < -0.4 is 10.1 Å². The number of benzene rings is 2. The van der Waals surface area contributed by atoms with Gasteiger partial charge in [-0.05, 0) is 55.0 Å². The molecule has 2 rings (SSSR count). The van der Waals surface area contributed by atoms with Gasteiger partial charge < -0.3 is 4.74 Å². The minimum absolute atomic E-state index is 0.553. The fraction of sp³-hybridized carbons (Fsp3) is 0.111. The number of oxime groups is 1. The number of nitrogens with one attached hydrogen (secondary N) is 1. The Bertz CT molecular complexity index is 738. The highest BCUT2D eigenvalue weighted by Gasteiger charge is 2.02. The Labute approximate surface area is 145 Å². The molecular formula is C18H17ClN2O3. The van der Waals surface area contributed by atoms with Gasteiger partial charge in [-0.25, -0.2) is 4.79 Å². The number of ether oxygens (including phenoxy) is 1. The average molecular weight is 345 g/mol. The predicted octanol–water partition coefficient (Wildman–Crippen LogP) is 4.99. The molecule has 5 nitrogen and oxygen atoms in total. The molecule has 0 aliphatic heterocycles. The van der Waals surface area contributed by atoms with Crippen LogP contribution >= 0.6 is 11.6 Å². The number of carbonyl (C=O) groups is 1. The van der Waals surface area contributed by atoms with Gasteiger partial charge in [0.15, 0.2) is 0 Å². The highest BCUT2D eigenvalue weighted by molar-refractivity contribution is 6.30. The first-order chi connectivity index (χ1) is 11.6. The second-order valence-electron chi connectivity index (χ2n) is 4.85. The lowest BCUT2D eigenvalue weighted by atomic mass is 10.2. The van der Waals surface area contributed by atoms with Gasteiger partial charge in [0.05, 0.1) is 12.8 Å². The van der Waals surface area contributed by atoms with Crippen molar-refractivity contribution in [3.63, 3.8) is 0 Å². The molecule has 0 aliphatic carbocycles. The van der Waals surface area contributed by atoms with E-state index in [4.69, 9.17) is 21.2 Å². The van der Waals surface area contributed by atoms with Gasteiger partial charge in [0.1, 0.15) is 5.75 Å². The molecule has 0 spiro atoms. The molecule has 24 heavy (non-hydrogen) atoms. The van der Waals surface area contributed by atoms with Crippen LogP contribution in [0.4, 0.5) is 10.5 Å². The third kappa shape index (κ3) is 5.78. The summed E-state index contributed by atoms with van der Waals surface area (Å²) < 4.78 is 5.10. The van der Waals surface area contributed by atoms with E-state index in [-0.39, 0.29) is 0 Å².